The largest absolute Gasteiger partial charge is 0.468 e. The van der Waals surface area contributed by atoms with Crippen LogP contribution in [0.5, 0.6) is 0 Å². The van der Waals surface area contributed by atoms with Gasteiger partial charge >= 0.3 is 0 Å². The Labute approximate surface area is 83.1 Å². The number of rotatable bonds is 4. The summed E-state index contributed by atoms with van der Waals surface area (Å²) in [5.74, 6) is 0.973. The number of H-pyrrole nitrogens is 1. The minimum atomic E-state index is 0.250. The molecule has 2 heterocycles. The van der Waals surface area contributed by atoms with Crippen LogP contribution in [0, 0.1) is 0 Å². The maximum absolute atomic E-state index is 5.29. The molecule has 1 atom stereocenters. The molecule has 3 heteroatoms. The summed E-state index contributed by atoms with van der Waals surface area (Å²) in [7, 11) is 0. The molecule has 74 valence electrons. The SMILES string of the molecule is C[C@@H](NCc1cc[nH]c1)c1ccco1. The van der Waals surface area contributed by atoms with Gasteiger partial charge in [-0.1, -0.05) is 0 Å². The summed E-state index contributed by atoms with van der Waals surface area (Å²) in [6.07, 6.45) is 5.61. The molecule has 0 aliphatic rings. The highest BCUT2D eigenvalue weighted by Crippen LogP contribution is 2.12. The number of hydrogen-bond donors (Lipinski definition) is 2. The molecule has 2 aromatic rings. The van der Waals surface area contributed by atoms with E-state index in [-0.39, 0.29) is 6.04 Å². The lowest BCUT2D eigenvalue weighted by molar-refractivity contribution is 0.430. The lowest BCUT2D eigenvalue weighted by atomic mass is 10.2. The van der Waals surface area contributed by atoms with Gasteiger partial charge in [0, 0.05) is 18.9 Å². The van der Waals surface area contributed by atoms with Crippen molar-refractivity contribution in [1.29, 1.82) is 0 Å². The summed E-state index contributed by atoms with van der Waals surface area (Å²) in [6.45, 7) is 2.94. The van der Waals surface area contributed by atoms with Gasteiger partial charge in [-0.15, -0.1) is 0 Å². The van der Waals surface area contributed by atoms with Crippen molar-refractivity contribution in [2.45, 2.75) is 19.5 Å². The predicted octanol–water partition coefficient (Wildman–Crippen LogP) is 2.46. The van der Waals surface area contributed by atoms with E-state index in [9.17, 15) is 0 Å². The van der Waals surface area contributed by atoms with Crippen LogP contribution >= 0.6 is 0 Å². The number of hydrogen-bond acceptors (Lipinski definition) is 2. The van der Waals surface area contributed by atoms with Crippen LogP contribution in [0.2, 0.25) is 0 Å². The fourth-order valence-corrected chi connectivity index (χ4v) is 1.38. The van der Waals surface area contributed by atoms with Crippen molar-refractivity contribution in [1.82, 2.24) is 10.3 Å². The molecule has 0 saturated carbocycles. The molecule has 0 radical (unpaired) electrons. The molecular formula is C11H14N2O. The second-order valence-corrected chi connectivity index (χ2v) is 3.34. The highest BCUT2D eigenvalue weighted by Gasteiger charge is 2.06. The fraction of sp³-hybridized carbons (Fsp3) is 0.273. The summed E-state index contributed by atoms with van der Waals surface area (Å²) >= 11 is 0. The van der Waals surface area contributed by atoms with Gasteiger partial charge in [0.2, 0.25) is 0 Å². The number of nitrogens with one attached hydrogen (secondary N) is 2. The molecule has 0 bridgehead atoms. The van der Waals surface area contributed by atoms with Crippen LogP contribution in [0.4, 0.5) is 0 Å². The van der Waals surface area contributed by atoms with Crippen molar-refractivity contribution in [3.63, 3.8) is 0 Å². The first kappa shape index (κ1) is 9.09. The van der Waals surface area contributed by atoms with Gasteiger partial charge in [-0.2, -0.15) is 0 Å². The van der Waals surface area contributed by atoms with E-state index in [0.717, 1.165) is 12.3 Å². The zero-order valence-corrected chi connectivity index (χ0v) is 8.16. The van der Waals surface area contributed by atoms with Crippen LogP contribution < -0.4 is 5.32 Å². The predicted molar refractivity (Wildman–Crippen MR) is 54.8 cm³/mol. The Balaban J connectivity index is 1.87. The zero-order chi connectivity index (χ0) is 9.80. The van der Waals surface area contributed by atoms with Crippen LogP contribution in [0.15, 0.2) is 41.3 Å². The molecule has 0 spiro atoms. The summed E-state index contributed by atoms with van der Waals surface area (Å²) in [4.78, 5) is 3.02. The quantitative estimate of drug-likeness (QED) is 0.777. The standard InChI is InChI=1S/C11H14N2O/c1-9(11-3-2-6-14-11)13-8-10-4-5-12-7-10/h2-7,9,12-13H,8H2,1H3/t9-/m1/s1. The smallest absolute Gasteiger partial charge is 0.120 e. The second kappa shape index (κ2) is 4.15. The first-order chi connectivity index (χ1) is 6.86. The van der Waals surface area contributed by atoms with E-state index in [2.05, 4.69) is 23.3 Å². The van der Waals surface area contributed by atoms with Crippen molar-refractivity contribution in [3.8, 4) is 0 Å². The number of aromatic amines is 1. The minimum Gasteiger partial charge on any atom is -0.468 e. The molecule has 2 rings (SSSR count). The van der Waals surface area contributed by atoms with E-state index >= 15 is 0 Å². The average Bonchev–Trinajstić information content (AvgIpc) is 2.87. The van der Waals surface area contributed by atoms with Crippen LogP contribution in [0.25, 0.3) is 0 Å². The topological polar surface area (TPSA) is 41.0 Å². The molecule has 0 amide bonds. The van der Waals surface area contributed by atoms with Gasteiger partial charge in [-0.3, -0.25) is 0 Å². The summed E-state index contributed by atoms with van der Waals surface area (Å²) in [5.41, 5.74) is 1.25. The van der Waals surface area contributed by atoms with Crippen molar-refractivity contribution in [2.24, 2.45) is 0 Å². The van der Waals surface area contributed by atoms with Gasteiger partial charge in [0.05, 0.1) is 12.3 Å². The van der Waals surface area contributed by atoms with Crippen molar-refractivity contribution in [3.05, 3.63) is 48.2 Å². The van der Waals surface area contributed by atoms with Gasteiger partial charge in [0.1, 0.15) is 5.76 Å². The van der Waals surface area contributed by atoms with E-state index in [4.69, 9.17) is 4.42 Å². The Morgan fingerprint density at radius 3 is 3.07 bits per heavy atom. The summed E-state index contributed by atoms with van der Waals surface area (Å²) < 4.78 is 5.29. The first-order valence-corrected chi connectivity index (χ1v) is 4.75. The molecular weight excluding hydrogens is 176 g/mol. The average molecular weight is 190 g/mol. The molecule has 0 saturated heterocycles. The number of furan rings is 1. The van der Waals surface area contributed by atoms with Gasteiger partial charge in [-0.25, -0.2) is 0 Å². The van der Waals surface area contributed by atoms with Crippen LogP contribution in [-0.4, -0.2) is 4.98 Å². The molecule has 2 N–H and O–H groups in total. The Morgan fingerprint density at radius 1 is 1.50 bits per heavy atom. The Bertz CT molecular complexity index is 351. The molecule has 0 aromatic carbocycles. The number of aromatic nitrogens is 1. The van der Waals surface area contributed by atoms with Crippen LogP contribution in [0.1, 0.15) is 24.3 Å². The Kier molecular flexibility index (Phi) is 2.70. The maximum Gasteiger partial charge on any atom is 0.120 e. The summed E-state index contributed by atoms with van der Waals surface area (Å²) in [5, 5.41) is 3.37. The third-order valence-corrected chi connectivity index (χ3v) is 2.24. The normalized spacial score (nSPS) is 12.9. The van der Waals surface area contributed by atoms with Crippen molar-refractivity contribution in [2.75, 3.05) is 0 Å². The molecule has 0 fully saturated rings. The van der Waals surface area contributed by atoms with Gasteiger partial charge in [-0.05, 0) is 30.7 Å². The van der Waals surface area contributed by atoms with E-state index in [1.165, 1.54) is 5.56 Å². The van der Waals surface area contributed by atoms with E-state index in [1.807, 2.05) is 24.5 Å². The zero-order valence-electron chi connectivity index (χ0n) is 8.16. The van der Waals surface area contributed by atoms with Crippen molar-refractivity contribution >= 4 is 0 Å². The van der Waals surface area contributed by atoms with Crippen molar-refractivity contribution < 1.29 is 4.42 Å². The highest BCUT2D eigenvalue weighted by atomic mass is 16.3. The van der Waals surface area contributed by atoms with E-state index in [1.54, 1.807) is 6.26 Å². The molecule has 0 unspecified atom stereocenters. The third-order valence-electron chi connectivity index (χ3n) is 2.24. The minimum absolute atomic E-state index is 0.250. The molecule has 0 aliphatic carbocycles. The second-order valence-electron chi connectivity index (χ2n) is 3.34. The Hall–Kier alpha value is -1.48. The molecule has 0 aliphatic heterocycles. The highest BCUT2D eigenvalue weighted by molar-refractivity contribution is 5.09. The first-order valence-electron chi connectivity index (χ1n) is 4.75. The summed E-state index contributed by atoms with van der Waals surface area (Å²) in [6, 6.07) is 6.19. The van der Waals surface area contributed by atoms with E-state index < -0.39 is 0 Å². The lowest BCUT2D eigenvalue weighted by Gasteiger charge is -2.09. The maximum atomic E-state index is 5.29. The van der Waals surface area contributed by atoms with Crippen LogP contribution in [0.3, 0.4) is 0 Å². The monoisotopic (exact) mass is 190 g/mol. The fourth-order valence-electron chi connectivity index (χ4n) is 1.38. The van der Waals surface area contributed by atoms with Gasteiger partial charge in [0.25, 0.3) is 0 Å². The Morgan fingerprint density at radius 2 is 2.43 bits per heavy atom. The van der Waals surface area contributed by atoms with Gasteiger partial charge < -0.3 is 14.7 Å². The van der Waals surface area contributed by atoms with Crippen LogP contribution in [-0.2, 0) is 6.54 Å². The molecule has 2 aromatic heterocycles. The van der Waals surface area contributed by atoms with E-state index in [0.29, 0.717) is 0 Å². The third kappa shape index (κ3) is 2.06. The lowest BCUT2D eigenvalue weighted by Crippen LogP contribution is -2.17. The van der Waals surface area contributed by atoms with Gasteiger partial charge in [0.15, 0.2) is 0 Å². The molecule has 3 nitrogen and oxygen atoms in total. The molecule has 14 heavy (non-hydrogen) atoms.